The monoisotopic (exact) mass is 144 g/mol. The molecule has 0 radical (unpaired) electrons. The van der Waals surface area contributed by atoms with Crippen LogP contribution in [0.25, 0.3) is 0 Å². The highest BCUT2D eigenvalue weighted by atomic mass is 16.6. The Bertz CT molecular complexity index is 120. The zero-order chi connectivity index (χ0) is 7.40. The molecule has 1 saturated heterocycles. The molecule has 1 aliphatic rings. The molecule has 0 aromatic carbocycles. The van der Waals surface area contributed by atoms with Gasteiger partial charge in [0.15, 0.2) is 0 Å². The van der Waals surface area contributed by atoms with Gasteiger partial charge in [0, 0.05) is 13.5 Å². The molecule has 0 aromatic rings. The summed E-state index contributed by atoms with van der Waals surface area (Å²) in [4.78, 5) is 10.7. The first-order valence-corrected chi connectivity index (χ1v) is 3.51. The molecule has 58 valence electrons. The third-order valence-electron chi connectivity index (χ3n) is 1.56. The summed E-state index contributed by atoms with van der Waals surface area (Å²) in [5, 5.41) is 0. The minimum atomic E-state index is -0.0895. The third-order valence-corrected chi connectivity index (χ3v) is 1.56. The Morgan fingerprint density at radius 3 is 3.20 bits per heavy atom. The summed E-state index contributed by atoms with van der Waals surface area (Å²) in [6.07, 6.45) is 2.46. The van der Waals surface area contributed by atoms with Gasteiger partial charge in [-0.05, 0) is 12.8 Å². The molecule has 1 aliphatic heterocycles. The van der Waals surface area contributed by atoms with Gasteiger partial charge in [0.05, 0.1) is 6.61 Å². The number of hydrogen-bond donors (Lipinski definition) is 0. The van der Waals surface area contributed by atoms with Gasteiger partial charge < -0.3 is 9.47 Å². The quantitative estimate of drug-likeness (QED) is 0.536. The Morgan fingerprint density at radius 2 is 2.60 bits per heavy atom. The molecule has 0 aromatic heterocycles. The lowest BCUT2D eigenvalue weighted by Crippen LogP contribution is -2.27. The number of methoxy groups -OCH3 is 1. The van der Waals surface area contributed by atoms with Crippen LogP contribution in [0, 0.1) is 0 Å². The normalized spacial score (nSPS) is 26.1. The number of carbonyl (C=O) groups is 1. The van der Waals surface area contributed by atoms with Crippen molar-refractivity contribution in [2.75, 3.05) is 13.7 Å². The zero-order valence-electron chi connectivity index (χ0n) is 6.13. The van der Waals surface area contributed by atoms with E-state index in [1.807, 2.05) is 0 Å². The van der Waals surface area contributed by atoms with Gasteiger partial charge in [-0.15, -0.1) is 0 Å². The SMILES string of the molecule is COC[C@H]1CCCC(=O)O1. The lowest BCUT2D eigenvalue weighted by molar-refractivity contribution is -0.156. The highest BCUT2D eigenvalue weighted by Gasteiger charge is 2.19. The summed E-state index contributed by atoms with van der Waals surface area (Å²) in [6, 6.07) is 0. The van der Waals surface area contributed by atoms with Crippen LogP contribution < -0.4 is 0 Å². The Kier molecular flexibility index (Phi) is 2.68. The van der Waals surface area contributed by atoms with E-state index in [1.165, 1.54) is 0 Å². The maximum atomic E-state index is 10.7. The van der Waals surface area contributed by atoms with Crippen molar-refractivity contribution in [3.05, 3.63) is 0 Å². The molecule has 1 atom stereocenters. The zero-order valence-corrected chi connectivity index (χ0v) is 6.13. The van der Waals surface area contributed by atoms with E-state index >= 15 is 0 Å². The van der Waals surface area contributed by atoms with Crippen molar-refractivity contribution < 1.29 is 14.3 Å². The van der Waals surface area contributed by atoms with Crippen molar-refractivity contribution in [3.8, 4) is 0 Å². The van der Waals surface area contributed by atoms with E-state index in [-0.39, 0.29) is 12.1 Å². The van der Waals surface area contributed by atoms with Crippen LogP contribution in [-0.4, -0.2) is 25.8 Å². The highest BCUT2D eigenvalue weighted by molar-refractivity contribution is 5.70. The summed E-state index contributed by atoms with van der Waals surface area (Å²) >= 11 is 0. The Morgan fingerprint density at radius 1 is 1.80 bits per heavy atom. The number of esters is 1. The Balaban J connectivity index is 2.25. The molecule has 0 unspecified atom stereocenters. The molecule has 1 rings (SSSR count). The maximum absolute atomic E-state index is 10.7. The Labute approximate surface area is 60.3 Å². The van der Waals surface area contributed by atoms with Crippen LogP contribution in [0.1, 0.15) is 19.3 Å². The number of rotatable bonds is 2. The molecule has 0 saturated carbocycles. The largest absolute Gasteiger partial charge is 0.460 e. The lowest BCUT2D eigenvalue weighted by Gasteiger charge is -2.20. The number of ether oxygens (including phenoxy) is 2. The first-order chi connectivity index (χ1) is 4.83. The van der Waals surface area contributed by atoms with Gasteiger partial charge in [-0.2, -0.15) is 0 Å². The maximum Gasteiger partial charge on any atom is 0.306 e. The van der Waals surface area contributed by atoms with E-state index in [1.54, 1.807) is 7.11 Å². The fraction of sp³-hybridized carbons (Fsp3) is 0.857. The van der Waals surface area contributed by atoms with E-state index in [0.717, 1.165) is 12.8 Å². The van der Waals surface area contributed by atoms with Gasteiger partial charge in [0.1, 0.15) is 6.10 Å². The molecule has 0 amide bonds. The predicted octanol–water partition coefficient (Wildman–Crippen LogP) is 0.729. The molecular weight excluding hydrogens is 132 g/mol. The van der Waals surface area contributed by atoms with Crippen LogP contribution in [0.3, 0.4) is 0 Å². The second kappa shape index (κ2) is 3.56. The second-order valence-electron chi connectivity index (χ2n) is 2.46. The van der Waals surface area contributed by atoms with Crippen molar-refractivity contribution >= 4 is 5.97 Å². The third kappa shape index (κ3) is 1.99. The van der Waals surface area contributed by atoms with Crippen LogP contribution >= 0.6 is 0 Å². The van der Waals surface area contributed by atoms with Crippen molar-refractivity contribution in [1.29, 1.82) is 0 Å². The van der Waals surface area contributed by atoms with Crippen LogP contribution in [0.2, 0.25) is 0 Å². The molecule has 10 heavy (non-hydrogen) atoms. The standard InChI is InChI=1S/C7H12O3/c1-9-5-6-3-2-4-7(8)10-6/h6H,2-5H2,1H3/t6-/m1/s1. The Hall–Kier alpha value is -0.570. The van der Waals surface area contributed by atoms with E-state index in [2.05, 4.69) is 0 Å². The van der Waals surface area contributed by atoms with Gasteiger partial charge in [0.25, 0.3) is 0 Å². The average molecular weight is 144 g/mol. The van der Waals surface area contributed by atoms with Gasteiger partial charge in [-0.25, -0.2) is 0 Å². The molecule has 0 spiro atoms. The first-order valence-electron chi connectivity index (χ1n) is 3.51. The molecule has 3 heteroatoms. The van der Waals surface area contributed by atoms with Crippen molar-refractivity contribution in [1.82, 2.24) is 0 Å². The van der Waals surface area contributed by atoms with Crippen molar-refractivity contribution in [3.63, 3.8) is 0 Å². The van der Waals surface area contributed by atoms with Gasteiger partial charge in [-0.3, -0.25) is 4.79 Å². The fourth-order valence-corrected chi connectivity index (χ4v) is 1.08. The van der Waals surface area contributed by atoms with E-state index in [9.17, 15) is 4.79 Å². The second-order valence-corrected chi connectivity index (χ2v) is 2.46. The summed E-state index contributed by atoms with van der Waals surface area (Å²) in [6.45, 7) is 0.533. The molecule has 0 bridgehead atoms. The van der Waals surface area contributed by atoms with E-state index < -0.39 is 0 Å². The lowest BCUT2D eigenvalue weighted by atomic mass is 10.1. The van der Waals surface area contributed by atoms with Crippen LogP contribution in [-0.2, 0) is 14.3 Å². The van der Waals surface area contributed by atoms with Crippen LogP contribution in [0.5, 0.6) is 0 Å². The average Bonchev–Trinajstić information content (AvgIpc) is 1.88. The molecular formula is C7H12O3. The number of cyclic esters (lactones) is 1. The van der Waals surface area contributed by atoms with Gasteiger partial charge in [0.2, 0.25) is 0 Å². The minimum Gasteiger partial charge on any atom is -0.460 e. The summed E-state index contributed by atoms with van der Waals surface area (Å²) in [7, 11) is 1.61. The van der Waals surface area contributed by atoms with Crippen molar-refractivity contribution in [2.24, 2.45) is 0 Å². The summed E-state index contributed by atoms with van der Waals surface area (Å²) in [5.74, 6) is -0.0895. The number of hydrogen-bond acceptors (Lipinski definition) is 3. The van der Waals surface area contributed by atoms with Crippen LogP contribution in [0.4, 0.5) is 0 Å². The molecule has 1 fully saturated rings. The topological polar surface area (TPSA) is 35.5 Å². The summed E-state index contributed by atoms with van der Waals surface area (Å²) in [5.41, 5.74) is 0. The first kappa shape index (κ1) is 7.54. The molecule has 0 aliphatic carbocycles. The van der Waals surface area contributed by atoms with Gasteiger partial charge in [-0.1, -0.05) is 0 Å². The van der Waals surface area contributed by atoms with Crippen molar-refractivity contribution in [2.45, 2.75) is 25.4 Å². The summed E-state index contributed by atoms with van der Waals surface area (Å²) < 4.78 is 9.82. The van der Waals surface area contributed by atoms with E-state index in [0.29, 0.717) is 13.0 Å². The number of carbonyl (C=O) groups excluding carboxylic acids is 1. The van der Waals surface area contributed by atoms with Gasteiger partial charge >= 0.3 is 5.97 Å². The van der Waals surface area contributed by atoms with E-state index in [4.69, 9.17) is 9.47 Å². The predicted molar refractivity (Wildman–Crippen MR) is 35.6 cm³/mol. The fourth-order valence-electron chi connectivity index (χ4n) is 1.08. The molecule has 0 N–H and O–H groups in total. The molecule has 3 nitrogen and oxygen atoms in total. The smallest absolute Gasteiger partial charge is 0.306 e. The minimum absolute atomic E-state index is 0.00579. The molecule has 1 heterocycles. The van der Waals surface area contributed by atoms with Crippen LogP contribution in [0.15, 0.2) is 0 Å². The highest BCUT2D eigenvalue weighted by Crippen LogP contribution is 2.13.